The molecule has 2 aromatic rings. The number of hydrogen-bond acceptors (Lipinski definition) is 5. The van der Waals surface area contributed by atoms with Crippen molar-refractivity contribution < 1.29 is 0 Å². The van der Waals surface area contributed by atoms with Crippen molar-refractivity contribution in [1.82, 2.24) is 4.98 Å². The molecule has 0 atom stereocenters. The molecule has 0 saturated carbocycles. The van der Waals surface area contributed by atoms with Crippen LogP contribution in [0.25, 0.3) is 0 Å². The monoisotopic (exact) mass is 307 g/mol. The second-order valence-electron chi connectivity index (χ2n) is 3.96. The summed E-state index contributed by atoms with van der Waals surface area (Å²) in [5.41, 5.74) is 4.01. The van der Waals surface area contributed by atoms with Crippen molar-refractivity contribution in [2.24, 2.45) is 5.84 Å². The average molecular weight is 308 g/mol. The van der Waals surface area contributed by atoms with E-state index in [-0.39, 0.29) is 0 Å². The molecule has 1 aromatic heterocycles. The van der Waals surface area contributed by atoms with Crippen LogP contribution in [0.4, 0.5) is 11.6 Å². The number of pyridine rings is 1. The van der Waals surface area contributed by atoms with Gasteiger partial charge in [-0.3, -0.25) is 0 Å². The molecule has 1 aromatic carbocycles. The van der Waals surface area contributed by atoms with Gasteiger partial charge >= 0.3 is 0 Å². The molecule has 0 amide bonds. The van der Waals surface area contributed by atoms with Crippen molar-refractivity contribution in [3.05, 3.63) is 51.5 Å². The van der Waals surface area contributed by atoms with Crippen molar-refractivity contribution in [1.29, 1.82) is 5.26 Å². The largest absolute Gasteiger partial charge is 0.365 e. The highest BCUT2D eigenvalue weighted by Crippen LogP contribution is 2.28. The van der Waals surface area contributed by atoms with Gasteiger partial charge in [-0.25, -0.2) is 10.8 Å². The van der Waals surface area contributed by atoms with Crippen molar-refractivity contribution >= 4 is 34.8 Å². The Bertz CT molecular complexity index is 649. The highest BCUT2D eigenvalue weighted by Gasteiger charge is 2.08. The van der Waals surface area contributed by atoms with Gasteiger partial charge in [0.15, 0.2) is 5.82 Å². The molecule has 0 aliphatic carbocycles. The molecule has 7 heteroatoms. The molecule has 4 N–H and O–H groups in total. The second kappa shape index (κ2) is 6.44. The van der Waals surface area contributed by atoms with Gasteiger partial charge in [-0.1, -0.05) is 35.3 Å². The minimum absolute atomic E-state index is 0.346. The SMILES string of the molecule is N#Cc1ccc(CNc2nc(NN)c(Cl)cc2Cl)cc1. The molecule has 2 rings (SSSR count). The summed E-state index contributed by atoms with van der Waals surface area (Å²) in [6, 6.07) is 10.8. The first-order valence-electron chi connectivity index (χ1n) is 5.69. The number of hydrazine groups is 1. The number of anilines is 2. The van der Waals surface area contributed by atoms with Gasteiger partial charge < -0.3 is 10.7 Å². The van der Waals surface area contributed by atoms with Gasteiger partial charge in [0, 0.05) is 6.54 Å². The normalized spacial score (nSPS) is 9.90. The first-order chi connectivity index (χ1) is 9.63. The fourth-order valence-corrected chi connectivity index (χ4v) is 2.05. The third-order valence-electron chi connectivity index (χ3n) is 2.61. The first-order valence-corrected chi connectivity index (χ1v) is 6.45. The number of rotatable bonds is 4. The summed E-state index contributed by atoms with van der Waals surface area (Å²) < 4.78 is 0. The van der Waals surface area contributed by atoms with Crippen LogP contribution >= 0.6 is 23.2 Å². The fourth-order valence-electron chi connectivity index (χ4n) is 1.57. The number of nitrogens with two attached hydrogens (primary N) is 1. The van der Waals surface area contributed by atoms with Crippen LogP contribution in [0.2, 0.25) is 10.0 Å². The van der Waals surface area contributed by atoms with E-state index in [1.165, 1.54) is 0 Å². The first kappa shape index (κ1) is 14.4. The lowest BCUT2D eigenvalue weighted by atomic mass is 10.1. The van der Waals surface area contributed by atoms with Gasteiger partial charge in [-0.05, 0) is 23.8 Å². The molecule has 0 unspecified atom stereocenters. The molecule has 0 fully saturated rings. The maximum Gasteiger partial charge on any atom is 0.161 e. The van der Waals surface area contributed by atoms with Gasteiger partial charge in [0.2, 0.25) is 0 Å². The van der Waals surface area contributed by atoms with Gasteiger partial charge in [0.05, 0.1) is 21.7 Å². The van der Waals surface area contributed by atoms with Crippen LogP contribution < -0.4 is 16.6 Å². The van der Waals surface area contributed by atoms with Crippen molar-refractivity contribution in [3.8, 4) is 6.07 Å². The van der Waals surface area contributed by atoms with Gasteiger partial charge in [-0.15, -0.1) is 0 Å². The topological polar surface area (TPSA) is 86.8 Å². The number of nitrogens with zero attached hydrogens (tertiary/aromatic N) is 2. The molecule has 0 spiro atoms. The van der Waals surface area contributed by atoms with Gasteiger partial charge in [-0.2, -0.15) is 5.26 Å². The predicted octanol–water partition coefficient (Wildman–Crippen LogP) is 3.16. The Labute approximate surface area is 126 Å². The number of halogens is 2. The molecular formula is C13H11Cl2N5. The zero-order valence-corrected chi connectivity index (χ0v) is 11.8. The number of nitriles is 1. The van der Waals surface area contributed by atoms with Crippen LogP contribution in [0.5, 0.6) is 0 Å². The van der Waals surface area contributed by atoms with Gasteiger partial charge in [0.25, 0.3) is 0 Å². The van der Waals surface area contributed by atoms with E-state index in [0.717, 1.165) is 5.56 Å². The smallest absolute Gasteiger partial charge is 0.161 e. The summed E-state index contributed by atoms with van der Waals surface area (Å²) in [5.74, 6) is 6.14. The molecule has 0 aliphatic rings. The van der Waals surface area contributed by atoms with E-state index in [1.54, 1.807) is 18.2 Å². The lowest BCUT2D eigenvalue weighted by Crippen LogP contribution is -2.11. The lowest BCUT2D eigenvalue weighted by Gasteiger charge is -2.10. The van der Waals surface area contributed by atoms with E-state index in [0.29, 0.717) is 33.8 Å². The average Bonchev–Trinajstić information content (AvgIpc) is 2.47. The third kappa shape index (κ3) is 3.31. The standard InChI is InChI=1S/C13H11Cl2N5/c14-10-5-11(15)13(20-17)19-12(10)18-7-9-3-1-8(6-16)2-4-9/h1-5H,7,17H2,(H2,18,19,20). The highest BCUT2D eigenvalue weighted by molar-refractivity contribution is 6.37. The Morgan fingerprint density at radius 2 is 1.80 bits per heavy atom. The Balaban J connectivity index is 2.12. The molecule has 0 bridgehead atoms. The summed E-state index contributed by atoms with van der Waals surface area (Å²) >= 11 is 12.0. The second-order valence-corrected chi connectivity index (χ2v) is 4.77. The Morgan fingerprint density at radius 3 is 2.40 bits per heavy atom. The molecule has 0 saturated heterocycles. The maximum absolute atomic E-state index is 8.73. The summed E-state index contributed by atoms with van der Waals surface area (Å²) in [6.07, 6.45) is 0. The molecule has 102 valence electrons. The molecule has 20 heavy (non-hydrogen) atoms. The number of nitrogen functional groups attached to an aromatic ring is 1. The van der Waals surface area contributed by atoms with Crippen LogP contribution in [-0.2, 0) is 6.54 Å². The van der Waals surface area contributed by atoms with E-state index in [1.807, 2.05) is 12.1 Å². The summed E-state index contributed by atoms with van der Waals surface area (Å²) in [6.45, 7) is 0.518. The number of aromatic nitrogens is 1. The molecule has 5 nitrogen and oxygen atoms in total. The predicted molar refractivity (Wildman–Crippen MR) is 80.6 cm³/mol. The van der Waals surface area contributed by atoms with Crippen molar-refractivity contribution in [3.63, 3.8) is 0 Å². The Hall–Kier alpha value is -2.00. The molecule has 1 heterocycles. The van der Waals surface area contributed by atoms with E-state index in [9.17, 15) is 0 Å². The molecule has 0 radical (unpaired) electrons. The van der Waals surface area contributed by atoms with Crippen LogP contribution in [-0.4, -0.2) is 4.98 Å². The van der Waals surface area contributed by atoms with Crippen molar-refractivity contribution in [2.45, 2.75) is 6.54 Å². The van der Waals surface area contributed by atoms with Crippen LogP contribution in [0.15, 0.2) is 30.3 Å². The van der Waals surface area contributed by atoms with E-state index < -0.39 is 0 Å². The zero-order valence-electron chi connectivity index (χ0n) is 10.3. The zero-order chi connectivity index (χ0) is 14.5. The summed E-state index contributed by atoms with van der Waals surface area (Å²) in [7, 11) is 0. The fraction of sp³-hybridized carbons (Fsp3) is 0.0769. The van der Waals surface area contributed by atoms with E-state index >= 15 is 0 Å². The minimum atomic E-state index is 0.346. The Kier molecular flexibility index (Phi) is 4.64. The summed E-state index contributed by atoms with van der Waals surface area (Å²) in [5, 5.41) is 12.6. The minimum Gasteiger partial charge on any atom is -0.365 e. The quantitative estimate of drug-likeness (QED) is 0.596. The van der Waals surface area contributed by atoms with Gasteiger partial charge in [0.1, 0.15) is 5.82 Å². The maximum atomic E-state index is 8.73. The van der Waals surface area contributed by atoms with Crippen molar-refractivity contribution in [2.75, 3.05) is 10.7 Å². The van der Waals surface area contributed by atoms with E-state index in [2.05, 4.69) is 21.8 Å². The summed E-state index contributed by atoms with van der Waals surface area (Å²) in [4.78, 5) is 4.18. The van der Waals surface area contributed by atoms with Crippen LogP contribution in [0.3, 0.4) is 0 Å². The van der Waals surface area contributed by atoms with Crippen LogP contribution in [0.1, 0.15) is 11.1 Å². The third-order valence-corrected chi connectivity index (χ3v) is 3.19. The van der Waals surface area contributed by atoms with E-state index in [4.69, 9.17) is 34.3 Å². The molecule has 0 aliphatic heterocycles. The number of nitrogens with one attached hydrogen (secondary N) is 2. The molecular weight excluding hydrogens is 297 g/mol. The highest BCUT2D eigenvalue weighted by atomic mass is 35.5. The number of hydrogen-bond donors (Lipinski definition) is 3. The number of benzene rings is 1. The lowest BCUT2D eigenvalue weighted by molar-refractivity contribution is 1.10. The Morgan fingerprint density at radius 1 is 1.15 bits per heavy atom. The van der Waals surface area contributed by atoms with Crippen LogP contribution in [0, 0.1) is 11.3 Å².